The number of carbonyl (C=O) groups excluding carboxylic acids is 3. The molecule has 252 valence electrons. The lowest BCUT2D eigenvalue weighted by atomic mass is 10.0. The summed E-state index contributed by atoms with van der Waals surface area (Å²) in [7, 11) is 1.44. The summed E-state index contributed by atoms with van der Waals surface area (Å²) in [6.07, 6.45) is 13.8. The van der Waals surface area contributed by atoms with Gasteiger partial charge in [-0.25, -0.2) is 14.4 Å². The zero-order valence-corrected chi connectivity index (χ0v) is 28.0. The summed E-state index contributed by atoms with van der Waals surface area (Å²) in [4.78, 5) is 36.9. The molecule has 0 heterocycles. The number of benzene rings is 3. The van der Waals surface area contributed by atoms with E-state index in [0.717, 1.165) is 24.5 Å². The summed E-state index contributed by atoms with van der Waals surface area (Å²) in [5.41, 5.74) is 2.59. The molecule has 3 aromatic carbocycles. The number of aryl methyl sites for hydroxylation is 2. The summed E-state index contributed by atoms with van der Waals surface area (Å²) in [5, 5.41) is 0. The molecule has 47 heavy (non-hydrogen) atoms. The molecule has 8 nitrogen and oxygen atoms in total. The SMILES string of the molecule is C=CC(=O)OCCCCOc1ccc(C(=O)Oc2ccc(C(=O)Oc3ccc(CCCCCCCCCC)cc3)cc2OC)cc1C. The first-order valence-electron chi connectivity index (χ1n) is 16.6. The van der Waals surface area contributed by atoms with Crippen molar-refractivity contribution in [3.63, 3.8) is 0 Å². The minimum atomic E-state index is -0.579. The van der Waals surface area contributed by atoms with Crippen LogP contribution in [0.1, 0.15) is 103 Å². The standard InChI is InChI=1S/C39H48O8/c1-5-7-8-9-10-11-12-13-16-30-17-21-33(22-18-30)46-38(41)32-20-24-35(36(28-32)43-4)47-39(42)31-19-23-34(29(3)27-31)44-25-14-15-26-45-37(40)6-2/h6,17-24,27-28H,2,5,7-16,25-26H2,1,3-4H3. The smallest absolute Gasteiger partial charge is 0.343 e. The van der Waals surface area contributed by atoms with Crippen LogP contribution in [0.15, 0.2) is 73.3 Å². The van der Waals surface area contributed by atoms with Crippen molar-refractivity contribution in [2.45, 2.75) is 84.5 Å². The summed E-state index contributed by atoms with van der Waals surface area (Å²) in [6.45, 7) is 8.18. The lowest BCUT2D eigenvalue weighted by molar-refractivity contribution is -0.137. The maximum Gasteiger partial charge on any atom is 0.343 e. The fraction of sp³-hybridized carbons (Fsp3) is 0.410. The molecule has 0 bridgehead atoms. The number of carbonyl (C=O) groups is 3. The quantitative estimate of drug-likeness (QED) is 0.0491. The molecule has 0 atom stereocenters. The van der Waals surface area contributed by atoms with Gasteiger partial charge in [-0.15, -0.1) is 0 Å². The van der Waals surface area contributed by atoms with E-state index in [1.165, 1.54) is 75.8 Å². The lowest BCUT2D eigenvalue weighted by Gasteiger charge is -2.13. The zero-order chi connectivity index (χ0) is 33.9. The number of methoxy groups -OCH3 is 1. The van der Waals surface area contributed by atoms with Gasteiger partial charge >= 0.3 is 17.9 Å². The molecule has 0 spiro atoms. The first kappa shape index (κ1) is 36.9. The van der Waals surface area contributed by atoms with Gasteiger partial charge in [0.25, 0.3) is 0 Å². The van der Waals surface area contributed by atoms with E-state index in [1.807, 2.05) is 31.2 Å². The normalized spacial score (nSPS) is 10.6. The van der Waals surface area contributed by atoms with Crippen LogP contribution in [0, 0.1) is 6.92 Å². The third kappa shape index (κ3) is 13.0. The highest BCUT2D eigenvalue weighted by molar-refractivity contribution is 5.93. The van der Waals surface area contributed by atoms with Gasteiger partial charge in [-0.2, -0.15) is 0 Å². The first-order valence-corrected chi connectivity index (χ1v) is 16.6. The minimum Gasteiger partial charge on any atom is -0.493 e. The van der Waals surface area contributed by atoms with Gasteiger partial charge in [-0.05, 0) is 92.3 Å². The number of hydrogen-bond acceptors (Lipinski definition) is 8. The molecule has 8 heteroatoms. The van der Waals surface area contributed by atoms with Gasteiger partial charge in [0.15, 0.2) is 11.5 Å². The van der Waals surface area contributed by atoms with Gasteiger partial charge in [0.05, 0.1) is 31.5 Å². The van der Waals surface area contributed by atoms with Gasteiger partial charge in [-0.1, -0.05) is 70.6 Å². The van der Waals surface area contributed by atoms with Crippen molar-refractivity contribution in [1.29, 1.82) is 0 Å². The van der Waals surface area contributed by atoms with Crippen LogP contribution < -0.4 is 18.9 Å². The zero-order valence-electron chi connectivity index (χ0n) is 28.0. The van der Waals surface area contributed by atoms with Gasteiger partial charge in [0.2, 0.25) is 0 Å². The largest absolute Gasteiger partial charge is 0.493 e. The van der Waals surface area contributed by atoms with Crippen LogP contribution >= 0.6 is 0 Å². The average molecular weight is 645 g/mol. The van der Waals surface area contributed by atoms with E-state index < -0.39 is 17.9 Å². The van der Waals surface area contributed by atoms with Crippen molar-refractivity contribution in [3.05, 3.63) is 95.6 Å². The van der Waals surface area contributed by atoms with Gasteiger partial charge in [0, 0.05) is 6.08 Å². The number of ether oxygens (including phenoxy) is 5. The molecule has 0 aliphatic carbocycles. The van der Waals surface area contributed by atoms with E-state index in [0.29, 0.717) is 43.1 Å². The van der Waals surface area contributed by atoms with E-state index in [1.54, 1.807) is 18.2 Å². The van der Waals surface area contributed by atoms with Crippen LogP contribution in [0.4, 0.5) is 0 Å². The predicted molar refractivity (Wildman–Crippen MR) is 183 cm³/mol. The maximum atomic E-state index is 12.9. The van der Waals surface area contributed by atoms with Crippen LogP contribution in [-0.4, -0.2) is 38.2 Å². The van der Waals surface area contributed by atoms with E-state index in [9.17, 15) is 14.4 Å². The third-order valence-electron chi connectivity index (χ3n) is 7.67. The second-order valence-corrected chi connectivity index (χ2v) is 11.4. The van der Waals surface area contributed by atoms with Crippen molar-refractivity contribution in [3.8, 4) is 23.0 Å². The van der Waals surface area contributed by atoms with Crippen molar-refractivity contribution in [2.24, 2.45) is 0 Å². The Morgan fingerprint density at radius 2 is 1.30 bits per heavy atom. The minimum absolute atomic E-state index is 0.175. The highest BCUT2D eigenvalue weighted by atomic mass is 16.6. The Morgan fingerprint density at radius 1 is 0.681 bits per heavy atom. The highest BCUT2D eigenvalue weighted by Gasteiger charge is 2.17. The number of hydrogen-bond donors (Lipinski definition) is 0. The van der Waals surface area contributed by atoms with Crippen LogP contribution in [-0.2, 0) is 16.0 Å². The second kappa shape index (κ2) is 20.5. The fourth-order valence-corrected chi connectivity index (χ4v) is 4.95. The third-order valence-corrected chi connectivity index (χ3v) is 7.67. The van der Waals surface area contributed by atoms with Crippen LogP contribution in [0.25, 0.3) is 0 Å². The topological polar surface area (TPSA) is 97.4 Å². The van der Waals surface area contributed by atoms with Crippen molar-refractivity contribution >= 4 is 17.9 Å². The maximum absolute atomic E-state index is 12.9. The molecule has 0 radical (unpaired) electrons. The summed E-state index contributed by atoms with van der Waals surface area (Å²) in [5.74, 6) is -0.0613. The molecule has 0 N–H and O–H groups in total. The van der Waals surface area contributed by atoms with E-state index in [4.69, 9.17) is 23.7 Å². The molecule has 0 saturated heterocycles. The average Bonchev–Trinajstić information content (AvgIpc) is 3.08. The van der Waals surface area contributed by atoms with Crippen molar-refractivity contribution in [1.82, 2.24) is 0 Å². The van der Waals surface area contributed by atoms with Crippen molar-refractivity contribution in [2.75, 3.05) is 20.3 Å². The Bertz CT molecular complexity index is 1440. The molecule has 0 aliphatic heterocycles. The molecule has 0 saturated carbocycles. The first-order chi connectivity index (χ1) is 22.8. The molecular weight excluding hydrogens is 596 g/mol. The fourth-order valence-electron chi connectivity index (χ4n) is 4.95. The molecular formula is C39H48O8. The number of unbranched alkanes of at least 4 members (excludes halogenated alkanes) is 8. The monoisotopic (exact) mass is 644 g/mol. The molecule has 0 amide bonds. The Hall–Kier alpha value is -4.59. The molecule has 0 aliphatic rings. The number of rotatable bonds is 21. The van der Waals surface area contributed by atoms with Crippen LogP contribution in [0.2, 0.25) is 0 Å². The molecule has 3 aromatic rings. The Labute approximate surface area is 279 Å². The van der Waals surface area contributed by atoms with Gasteiger partial charge < -0.3 is 23.7 Å². The van der Waals surface area contributed by atoms with E-state index >= 15 is 0 Å². The van der Waals surface area contributed by atoms with Gasteiger partial charge in [-0.3, -0.25) is 0 Å². The lowest BCUT2D eigenvalue weighted by Crippen LogP contribution is -2.12. The second-order valence-electron chi connectivity index (χ2n) is 11.4. The van der Waals surface area contributed by atoms with Crippen molar-refractivity contribution < 1.29 is 38.1 Å². The van der Waals surface area contributed by atoms with Crippen LogP contribution in [0.5, 0.6) is 23.0 Å². The molecule has 3 rings (SSSR count). The van der Waals surface area contributed by atoms with Crippen LogP contribution in [0.3, 0.4) is 0 Å². The predicted octanol–water partition coefficient (Wildman–Crippen LogP) is 9.01. The Morgan fingerprint density at radius 3 is 1.96 bits per heavy atom. The molecule has 0 fully saturated rings. The summed E-state index contributed by atoms with van der Waals surface area (Å²) in [6, 6.07) is 17.2. The number of esters is 3. The van der Waals surface area contributed by atoms with E-state index in [2.05, 4.69) is 13.5 Å². The summed E-state index contributed by atoms with van der Waals surface area (Å²) >= 11 is 0. The van der Waals surface area contributed by atoms with E-state index in [-0.39, 0.29) is 17.1 Å². The highest BCUT2D eigenvalue weighted by Crippen LogP contribution is 2.30. The Balaban J connectivity index is 1.47. The molecule has 0 aromatic heterocycles. The van der Waals surface area contributed by atoms with Gasteiger partial charge in [0.1, 0.15) is 11.5 Å². The molecule has 0 unspecified atom stereocenters. The summed E-state index contributed by atoms with van der Waals surface area (Å²) < 4.78 is 27.4. The Kier molecular flexibility index (Phi) is 16.1.